The molecule has 0 aliphatic carbocycles. The van der Waals surface area contributed by atoms with Gasteiger partial charge >= 0.3 is 0 Å². The van der Waals surface area contributed by atoms with E-state index in [1.165, 1.54) is 0 Å². The first-order valence-electron chi connectivity index (χ1n) is 10.8. The van der Waals surface area contributed by atoms with Crippen molar-refractivity contribution >= 4 is 11.8 Å². The second-order valence-electron chi connectivity index (χ2n) is 8.16. The highest BCUT2D eigenvalue weighted by molar-refractivity contribution is 5.82. The van der Waals surface area contributed by atoms with Gasteiger partial charge in [0.15, 0.2) is 0 Å². The van der Waals surface area contributed by atoms with Gasteiger partial charge in [0, 0.05) is 44.7 Å². The molecule has 1 saturated heterocycles. The summed E-state index contributed by atoms with van der Waals surface area (Å²) in [5.74, 6) is -0.381. The van der Waals surface area contributed by atoms with Gasteiger partial charge < -0.3 is 26.4 Å². The Balaban J connectivity index is 1.43. The van der Waals surface area contributed by atoms with Crippen LogP contribution in [0.15, 0.2) is 60.7 Å². The highest BCUT2D eigenvalue weighted by Crippen LogP contribution is 2.11. The Hall–Kier alpha value is -2.74. The molecule has 1 heterocycles. The van der Waals surface area contributed by atoms with Crippen molar-refractivity contribution in [1.29, 1.82) is 0 Å². The molecule has 0 bridgehead atoms. The fourth-order valence-corrected chi connectivity index (χ4v) is 3.89. The lowest BCUT2D eigenvalue weighted by molar-refractivity contribution is -0.146. The molecule has 3 rings (SSSR count). The number of aliphatic hydroxyl groups is 1. The monoisotopic (exact) mass is 424 g/mol. The van der Waals surface area contributed by atoms with Gasteiger partial charge in [0.05, 0.1) is 0 Å². The molecule has 1 aliphatic heterocycles. The number of rotatable bonds is 8. The van der Waals surface area contributed by atoms with Gasteiger partial charge in [-0.1, -0.05) is 60.7 Å². The maximum Gasteiger partial charge on any atom is 0.253 e. The minimum Gasteiger partial charge on any atom is -0.382 e. The molecule has 0 radical (unpaired) electrons. The van der Waals surface area contributed by atoms with Gasteiger partial charge in [-0.3, -0.25) is 9.59 Å². The Morgan fingerprint density at radius 3 is 1.84 bits per heavy atom. The van der Waals surface area contributed by atoms with Crippen molar-refractivity contribution in [1.82, 2.24) is 9.80 Å². The number of amides is 2. The number of hydrogen-bond acceptors (Lipinski definition) is 5. The van der Waals surface area contributed by atoms with Crippen LogP contribution in [0.4, 0.5) is 0 Å². The quantitative estimate of drug-likeness (QED) is 0.573. The second kappa shape index (κ2) is 11.0. The molecule has 1 aliphatic rings. The SMILES string of the molecule is NC(Cc1ccccc1)C(O)C(=O)N1CCN(C(=O)C[C@H](N)Cc2ccccc2)CC1. The summed E-state index contributed by atoms with van der Waals surface area (Å²) < 4.78 is 0. The first-order valence-corrected chi connectivity index (χ1v) is 10.8. The van der Waals surface area contributed by atoms with Crippen LogP contribution in [0, 0.1) is 0 Å². The Labute approximate surface area is 183 Å². The van der Waals surface area contributed by atoms with Gasteiger partial charge in [0.1, 0.15) is 6.10 Å². The molecule has 31 heavy (non-hydrogen) atoms. The maximum atomic E-state index is 12.7. The first kappa shape index (κ1) is 22.9. The lowest BCUT2D eigenvalue weighted by Gasteiger charge is -2.36. The van der Waals surface area contributed by atoms with Crippen LogP contribution in [-0.4, -0.2) is 71.1 Å². The highest BCUT2D eigenvalue weighted by atomic mass is 16.3. The summed E-state index contributed by atoms with van der Waals surface area (Å²) in [6, 6.07) is 18.5. The minimum absolute atomic E-state index is 0.00291. The predicted octanol–water partition coefficient (Wildman–Crippen LogP) is 0.548. The summed E-state index contributed by atoms with van der Waals surface area (Å²) in [5.41, 5.74) is 14.3. The van der Waals surface area contributed by atoms with E-state index in [1.54, 1.807) is 9.80 Å². The summed E-state index contributed by atoms with van der Waals surface area (Å²) in [6.07, 6.45) is 0.0804. The summed E-state index contributed by atoms with van der Waals surface area (Å²) in [6.45, 7) is 1.63. The molecule has 5 N–H and O–H groups in total. The predicted molar refractivity (Wildman–Crippen MR) is 120 cm³/mol. The Morgan fingerprint density at radius 1 is 0.806 bits per heavy atom. The summed E-state index contributed by atoms with van der Waals surface area (Å²) >= 11 is 0. The zero-order valence-electron chi connectivity index (χ0n) is 17.8. The van der Waals surface area contributed by atoms with Crippen molar-refractivity contribution < 1.29 is 14.7 Å². The minimum atomic E-state index is -1.26. The van der Waals surface area contributed by atoms with Crippen LogP contribution < -0.4 is 11.5 Å². The van der Waals surface area contributed by atoms with Gasteiger partial charge in [0.25, 0.3) is 5.91 Å². The van der Waals surface area contributed by atoms with E-state index < -0.39 is 12.1 Å². The van der Waals surface area contributed by atoms with E-state index >= 15 is 0 Å². The standard InChI is InChI=1S/C24H32N4O3/c25-20(15-18-7-3-1-4-8-18)17-22(29)27-11-13-28(14-12-27)24(31)23(30)21(26)16-19-9-5-2-6-10-19/h1-10,20-21,23,30H,11-17,25-26H2/t20-,21?,23?/m1/s1. The number of carbonyl (C=O) groups is 2. The zero-order valence-corrected chi connectivity index (χ0v) is 17.8. The largest absolute Gasteiger partial charge is 0.382 e. The van der Waals surface area contributed by atoms with E-state index in [2.05, 4.69) is 0 Å². The average Bonchev–Trinajstić information content (AvgIpc) is 2.79. The molecule has 7 heteroatoms. The van der Waals surface area contributed by atoms with Crippen LogP contribution in [-0.2, 0) is 22.4 Å². The number of nitrogens with zero attached hydrogens (tertiary/aromatic N) is 2. The molecule has 7 nitrogen and oxygen atoms in total. The molecule has 2 amide bonds. The molecule has 1 fully saturated rings. The Kier molecular flexibility index (Phi) is 8.17. The van der Waals surface area contributed by atoms with Gasteiger partial charge in [-0.15, -0.1) is 0 Å². The fourth-order valence-electron chi connectivity index (χ4n) is 3.89. The van der Waals surface area contributed by atoms with Crippen molar-refractivity contribution in [2.24, 2.45) is 11.5 Å². The molecule has 2 aromatic carbocycles. The van der Waals surface area contributed by atoms with Gasteiger partial charge in [-0.2, -0.15) is 0 Å². The number of carbonyl (C=O) groups excluding carboxylic acids is 2. The van der Waals surface area contributed by atoms with E-state index in [0.717, 1.165) is 11.1 Å². The smallest absolute Gasteiger partial charge is 0.253 e. The molecular formula is C24H32N4O3. The van der Waals surface area contributed by atoms with Crippen molar-refractivity contribution in [2.75, 3.05) is 26.2 Å². The van der Waals surface area contributed by atoms with E-state index in [0.29, 0.717) is 39.0 Å². The van der Waals surface area contributed by atoms with Crippen molar-refractivity contribution in [3.8, 4) is 0 Å². The Bertz CT molecular complexity index is 838. The fraction of sp³-hybridized carbons (Fsp3) is 0.417. The third-order valence-electron chi connectivity index (χ3n) is 5.69. The average molecular weight is 425 g/mol. The highest BCUT2D eigenvalue weighted by Gasteiger charge is 2.31. The van der Waals surface area contributed by atoms with Crippen LogP contribution in [0.1, 0.15) is 17.5 Å². The normalized spacial score (nSPS) is 17.1. The summed E-state index contributed by atoms with van der Waals surface area (Å²) in [5, 5.41) is 10.4. The van der Waals surface area contributed by atoms with Crippen LogP contribution in [0.3, 0.4) is 0 Å². The van der Waals surface area contributed by atoms with Crippen molar-refractivity contribution in [3.63, 3.8) is 0 Å². The molecule has 0 saturated carbocycles. The number of hydrogen-bond donors (Lipinski definition) is 3. The number of nitrogens with two attached hydrogens (primary N) is 2. The van der Waals surface area contributed by atoms with Crippen LogP contribution >= 0.6 is 0 Å². The summed E-state index contributed by atoms with van der Waals surface area (Å²) in [4.78, 5) is 28.6. The van der Waals surface area contributed by atoms with Crippen molar-refractivity contribution in [3.05, 3.63) is 71.8 Å². The third-order valence-corrected chi connectivity index (χ3v) is 5.69. The summed E-state index contributed by atoms with van der Waals surface area (Å²) in [7, 11) is 0. The molecule has 2 aromatic rings. The van der Waals surface area contributed by atoms with Crippen LogP contribution in [0.25, 0.3) is 0 Å². The van der Waals surface area contributed by atoms with E-state index in [9.17, 15) is 14.7 Å². The van der Waals surface area contributed by atoms with E-state index in [4.69, 9.17) is 11.5 Å². The van der Waals surface area contributed by atoms with Gasteiger partial charge in [0.2, 0.25) is 5.91 Å². The van der Waals surface area contributed by atoms with Crippen LogP contribution in [0.2, 0.25) is 0 Å². The maximum absolute atomic E-state index is 12.7. The Morgan fingerprint density at radius 2 is 1.29 bits per heavy atom. The van der Waals surface area contributed by atoms with E-state index in [1.807, 2.05) is 60.7 Å². The van der Waals surface area contributed by atoms with Gasteiger partial charge in [-0.25, -0.2) is 0 Å². The number of piperazine rings is 1. The molecule has 3 atom stereocenters. The van der Waals surface area contributed by atoms with Gasteiger partial charge in [-0.05, 0) is 24.0 Å². The number of aliphatic hydroxyl groups excluding tert-OH is 1. The molecule has 166 valence electrons. The topological polar surface area (TPSA) is 113 Å². The number of benzene rings is 2. The van der Waals surface area contributed by atoms with Crippen molar-refractivity contribution in [2.45, 2.75) is 37.5 Å². The lowest BCUT2D eigenvalue weighted by Crippen LogP contribution is -2.56. The zero-order chi connectivity index (χ0) is 22.2. The molecule has 0 spiro atoms. The van der Waals surface area contributed by atoms with E-state index in [-0.39, 0.29) is 24.3 Å². The third kappa shape index (κ3) is 6.62. The lowest BCUT2D eigenvalue weighted by atomic mass is 10.0. The molecular weight excluding hydrogens is 392 g/mol. The first-order chi connectivity index (χ1) is 14.9. The second-order valence-corrected chi connectivity index (χ2v) is 8.16. The molecule has 2 unspecified atom stereocenters. The molecule has 0 aromatic heterocycles. The van der Waals surface area contributed by atoms with Crippen LogP contribution in [0.5, 0.6) is 0 Å².